The molecule has 6 heteroatoms. The number of nitriles is 1. The van der Waals surface area contributed by atoms with Crippen molar-refractivity contribution in [3.63, 3.8) is 0 Å². The van der Waals surface area contributed by atoms with Gasteiger partial charge in [0, 0.05) is 5.56 Å². The lowest BCUT2D eigenvalue weighted by Crippen LogP contribution is -2.24. The molecule has 0 unspecified atom stereocenters. The Balaban J connectivity index is 2.58. The van der Waals surface area contributed by atoms with Crippen LogP contribution in [0.25, 0.3) is 11.1 Å². The van der Waals surface area contributed by atoms with E-state index in [1.54, 1.807) is 39.0 Å². The predicted molar refractivity (Wildman–Crippen MR) is 92.3 cm³/mol. The molecule has 0 aliphatic rings. The van der Waals surface area contributed by atoms with Gasteiger partial charge in [-0.05, 0) is 44.5 Å². The van der Waals surface area contributed by atoms with Crippen molar-refractivity contribution in [2.24, 2.45) is 0 Å². The van der Waals surface area contributed by atoms with Crippen LogP contribution in [0.4, 0.5) is 11.4 Å². The van der Waals surface area contributed by atoms with Gasteiger partial charge in [-0.25, -0.2) is 4.79 Å². The number of carbonyl (C=O) groups is 1. The van der Waals surface area contributed by atoms with Crippen LogP contribution < -0.4 is 11.5 Å². The number of ether oxygens (including phenoxy) is 1. The Morgan fingerprint density at radius 2 is 1.92 bits per heavy atom. The van der Waals surface area contributed by atoms with Crippen molar-refractivity contribution in [2.75, 3.05) is 11.5 Å². The van der Waals surface area contributed by atoms with Gasteiger partial charge < -0.3 is 21.3 Å². The molecule has 0 atom stereocenters. The van der Waals surface area contributed by atoms with Crippen LogP contribution in [0.2, 0.25) is 0 Å². The minimum Gasteiger partial charge on any atom is -0.507 e. The topological polar surface area (TPSA) is 122 Å². The van der Waals surface area contributed by atoms with Gasteiger partial charge in [0.05, 0.1) is 16.9 Å². The molecule has 6 nitrogen and oxygen atoms in total. The van der Waals surface area contributed by atoms with Crippen molar-refractivity contribution in [3.05, 3.63) is 41.5 Å². The van der Waals surface area contributed by atoms with Crippen LogP contribution in [-0.2, 0) is 4.74 Å². The van der Waals surface area contributed by atoms with E-state index < -0.39 is 11.6 Å². The van der Waals surface area contributed by atoms with Gasteiger partial charge in [0.2, 0.25) is 0 Å². The third kappa shape index (κ3) is 3.41. The number of nitrogens with zero attached hydrogens (tertiary/aromatic N) is 1. The summed E-state index contributed by atoms with van der Waals surface area (Å²) in [4.78, 5) is 12.3. The minimum atomic E-state index is -0.761. The number of nitrogen functional groups attached to an aromatic ring is 2. The van der Waals surface area contributed by atoms with Gasteiger partial charge in [-0.15, -0.1) is 0 Å². The molecule has 5 N–H and O–H groups in total. The van der Waals surface area contributed by atoms with Crippen LogP contribution in [0, 0.1) is 11.3 Å². The molecule has 2 rings (SSSR count). The second-order valence-corrected chi connectivity index (χ2v) is 6.34. The van der Waals surface area contributed by atoms with E-state index in [1.807, 2.05) is 6.07 Å². The lowest BCUT2D eigenvalue weighted by molar-refractivity contribution is 0.00665. The zero-order chi connectivity index (χ0) is 18.1. The number of para-hydroxylation sites is 1. The highest BCUT2D eigenvalue weighted by Gasteiger charge is 2.24. The zero-order valence-electron chi connectivity index (χ0n) is 13.8. The SMILES string of the molecule is CC(C)(C)OC(=O)c1c(O)cc(-c2cccc(N)c2N)cc1C#N. The largest absolute Gasteiger partial charge is 0.507 e. The number of carbonyl (C=O) groups excluding carboxylic acids is 1. The van der Waals surface area contributed by atoms with Crippen LogP contribution >= 0.6 is 0 Å². The lowest BCUT2D eigenvalue weighted by Gasteiger charge is -2.20. The quantitative estimate of drug-likeness (QED) is 0.576. The van der Waals surface area contributed by atoms with E-state index in [0.717, 1.165) is 0 Å². The number of nitrogens with two attached hydrogens (primary N) is 2. The highest BCUT2D eigenvalue weighted by molar-refractivity contribution is 5.97. The van der Waals surface area contributed by atoms with E-state index in [2.05, 4.69) is 0 Å². The van der Waals surface area contributed by atoms with Crippen LogP contribution in [0.15, 0.2) is 30.3 Å². The number of anilines is 2. The third-order valence-corrected chi connectivity index (χ3v) is 3.29. The summed E-state index contributed by atoms with van der Waals surface area (Å²) in [7, 11) is 0. The Kier molecular flexibility index (Phi) is 4.38. The van der Waals surface area contributed by atoms with Crippen molar-refractivity contribution < 1.29 is 14.6 Å². The smallest absolute Gasteiger partial charge is 0.343 e. The standard InChI is InChI=1S/C18H19N3O3/c1-18(2,3)24-17(23)15-11(9-19)7-10(8-14(15)22)12-5-4-6-13(20)16(12)21/h4-8,22H,20-21H2,1-3H3. The maximum Gasteiger partial charge on any atom is 0.343 e. The van der Waals surface area contributed by atoms with Crippen molar-refractivity contribution in [1.29, 1.82) is 5.26 Å². The molecule has 0 amide bonds. The number of hydrogen-bond acceptors (Lipinski definition) is 6. The zero-order valence-corrected chi connectivity index (χ0v) is 13.8. The summed E-state index contributed by atoms with van der Waals surface area (Å²) in [6.07, 6.45) is 0. The van der Waals surface area contributed by atoms with E-state index in [9.17, 15) is 15.2 Å². The molecule has 124 valence electrons. The first-order valence-corrected chi connectivity index (χ1v) is 7.29. The molecule has 2 aromatic carbocycles. The average Bonchev–Trinajstić information content (AvgIpc) is 2.47. The molecule has 24 heavy (non-hydrogen) atoms. The van der Waals surface area contributed by atoms with Crippen LogP contribution in [0.3, 0.4) is 0 Å². The van der Waals surface area contributed by atoms with Gasteiger partial charge in [0.15, 0.2) is 0 Å². The number of phenols is 1. The van der Waals surface area contributed by atoms with Gasteiger partial charge in [-0.1, -0.05) is 12.1 Å². The van der Waals surface area contributed by atoms with Gasteiger partial charge >= 0.3 is 5.97 Å². The average molecular weight is 325 g/mol. The van der Waals surface area contributed by atoms with E-state index >= 15 is 0 Å². The second-order valence-electron chi connectivity index (χ2n) is 6.34. The number of aromatic hydroxyl groups is 1. The Labute approximate surface area is 140 Å². The summed E-state index contributed by atoms with van der Waals surface area (Å²) >= 11 is 0. The minimum absolute atomic E-state index is 0.000995. The summed E-state index contributed by atoms with van der Waals surface area (Å²) < 4.78 is 5.24. The summed E-state index contributed by atoms with van der Waals surface area (Å²) in [6, 6.07) is 9.84. The molecule has 0 aromatic heterocycles. The van der Waals surface area contributed by atoms with Gasteiger partial charge in [0.25, 0.3) is 0 Å². The predicted octanol–water partition coefficient (Wildman–Crippen LogP) is 3.05. The maximum absolute atomic E-state index is 12.3. The van der Waals surface area contributed by atoms with Crippen LogP contribution in [0.5, 0.6) is 5.75 Å². The molecule has 0 spiro atoms. The van der Waals surface area contributed by atoms with Crippen molar-refractivity contribution >= 4 is 17.3 Å². The molecule has 0 saturated heterocycles. The highest BCUT2D eigenvalue weighted by Crippen LogP contribution is 2.35. The molecule has 0 radical (unpaired) electrons. The molecule has 0 bridgehead atoms. The fourth-order valence-corrected chi connectivity index (χ4v) is 2.25. The Morgan fingerprint density at radius 3 is 2.50 bits per heavy atom. The van der Waals surface area contributed by atoms with E-state index in [-0.39, 0.29) is 16.9 Å². The first kappa shape index (κ1) is 17.2. The first-order valence-electron chi connectivity index (χ1n) is 7.29. The third-order valence-electron chi connectivity index (χ3n) is 3.29. The normalized spacial score (nSPS) is 10.9. The van der Waals surface area contributed by atoms with Crippen LogP contribution in [-0.4, -0.2) is 16.7 Å². The molecular weight excluding hydrogens is 306 g/mol. The first-order chi connectivity index (χ1) is 11.1. The number of phenolic OH excluding ortho intramolecular Hbond substituents is 1. The Hall–Kier alpha value is -3.20. The van der Waals surface area contributed by atoms with Gasteiger partial charge in [0.1, 0.15) is 23.0 Å². The molecule has 0 heterocycles. The lowest BCUT2D eigenvalue weighted by atomic mass is 9.97. The molecule has 0 fully saturated rings. The second kappa shape index (κ2) is 6.13. The number of esters is 1. The van der Waals surface area contributed by atoms with Crippen molar-refractivity contribution in [3.8, 4) is 22.9 Å². The van der Waals surface area contributed by atoms with Crippen molar-refractivity contribution in [1.82, 2.24) is 0 Å². The molecule has 0 saturated carbocycles. The van der Waals surface area contributed by atoms with E-state index in [1.165, 1.54) is 12.1 Å². The molecule has 0 aliphatic heterocycles. The number of benzene rings is 2. The summed E-state index contributed by atoms with van der Waals surface area (Å²) in [6.45, 7) is 5.11. The molecule has 0 aliphatic carbocycles. The van der Waals surface area contributed by atoms with Gasteiger partial charge in [-0.3, -0.25) is 0 Å². The van der Waals surface area contributed by atoms with E-state index in [4.69, 9.17) is 16.2 Å². The number of rotatable bonds is 2. The Bertz CT molecular complexity index is 846. The summed E-state index contributed by atoms with van der Waals surface area (Å²) in [5.74, 6) is -1.11. The fourth-order valence-electron chi connectivity index (χ4n) is 2.25. The van der Waals surface area contributed by atoms with E-state index in [0.29, 0.717) is 22.5 Å². The summed E-state index contributed by atoms with van der Waals surface area (Å²) in [5.41, 5.74) is 12.6. The van der Waals surface area contributed by atoms with Crippen molar-refractivity contribution in [2.45, 2.75) is 26.4 Å². The molecule has 2 aromatic rings. The summed E-state index contributed by atoms with van der Waals surface area (Å²) in [5, 5.41) is 19.6. The fraction of sp³-hybridized carbons (Fsp3) is 0.222. The van der Waals surface area contributed by atoms with Gasteiger partial charge in [-0.2, -0.15) is 5.26 Å². The maximum atomic E-state index is 12.3. The monoisotopic (exact) mass is 325 g/mol. The Morgan fingerprint density at radius 1 is 1.25 bits per heavy atom. The van der Waals surface area contributed by atoms with Crippen LogP contribution in [0.1, 0.15) is 36.7 Å². The number of hydrogen-bond donors (Lipinski definition) is 3. The molecular formula is C18H19N3O3. The highest BCUT2D eigenvalue weighted by atomic mass is 16.6.